The van der Waals surface area contributed by atoms with Gasteiger partial charge in [-0.05, 0) is 19.4 Å². The molecule has 2 rings (SSSR count). The summed E-state index contributed by atoms with van der Waals surface area (Å²) < 4.78 is 30.2. The second-order valence-electron chi connectivity index (χ2n) is 4.37. The third kappa shape index (κ3) is 3.64. The van der Waals surface area contributed by atoms with Crippen molar-refractivity contribution in [1.29, 1.82) is 0 Å². The Morgan fingerprint density at radius 2 is 2.05 bits per heavy atom. The fraction of sp³-hybridized carbons (Fsp3) is 0.385. The average Bonchev–Trinajstić information content (AvgIpc) is 2.88. The number of benzene rings is 1. The molecule has 6 nitrogen and oxygen atoms in total. The molecule has 0 fully saturated rings. The van der Waals surface area contributed by atoms with Gasteiger partial charge in [-0.15, -0.1) is 0 Å². The standard InChI is InChI=1S/C13H17N3O3S/c1-3-20(17,18)14-9-8-12-15-13(16-19-12)11-7-5-4-6-10(11)2/h4-7,14H,3,8-9H2,1-2H3. The highest BCUT2D eigenvalue weighted by Gasteiger charge is 2.11. The van der Waals surface area contributed by atoms with Crippen LogP contribution in [0.1, 0.15) is 18.4 Å². The zero-order chi connectivity index (χ0) is 14.6. The van der Waals surface area contributed by atoms with E-state index < -0.39 is 10.0 Å². The first-order valence-corrected chi connectivity index (χ1v) is 8.03. The summed E-state index contributed by atoms with van der Waals surface area (Å²) in [6.45, 7) is 3.82. The SMILES string of the molecule is CCS(=O)(=O)NCCc1nc(-c2ccccc2C)no1. The van der Waals surface area contributed by atoms with E-state index in [2.05, 4.69) is 14.9 Å². The van der Waals surface area contributed by atoms with E-state index in [1.54, 1.807) is 6.92 Å². The molecule has 0 unspecified atom stereocenters. The Kier molecular flexibility index (Phi) is 4.51. The van der Waals surface area contributed by atoms with E-state index in [0.717, 1.165) is 11.1 Å². The second kappa shape index (κ2) is 6.15. The van der Waals surface area contributed by atoms with Gasteiger partial charge in [-0.1, -0.05) is 29.4 Å². The van der Waals surface area contributed by atoms with E-state index in [4.69, 9.17) is 4.52 Å². The number of hydrogen-bond donors (Lipinski definition) is 1. The number of sulfonamides is 1. The molecule has 108 valence electrons. The maximum Gasteiger partial charge on any atom is 0.228 e. The normalized spacial score (nSPS) is 11.7. The van der Waals surface area contributed by atoms with Crippen molar-refractivity contribution in [2.24, 2.45) is 0 Å². The number of nitrogens with one attached hydrogen (secondary N) is 1. The van der Waals surface area contributed by atoms with Crippen molar-refractivity contribution < 1.29 is 12.9 Å². The van der Waals surface area contributed by atoms with Crippen molar-refractivity contribution in [3.8, 4) is 11.4 Å². The van der Waals surface area contributed by atoms with Crippen LogP contribution in [0.25, 0.3) is 11.4 Å². The van der Waals surface area contributed by atoms with E-state index in [1.165, 1.54) is 0 Å². The lowest BCUT2D eigenvalue weighted by atomic mass is 10.1. The molecule has 0 amide bonds. The van der Waals surface area contributed by atoms with Gasteiger partial charge in [0.15, 0.2) is 0 Å². The fourth-order valence-electron chi connectivity index (χ4n) is 1.71. The summed E-state index contributed by atoms with van der Waals surface area (Å²) in [5, 5.41) is 3.92. The number of aryl methyl sites for hydroxylation is 1. The molecule has 20 heavy (non-hydrogen) atoms. The highest BCUT2D eigenvalue weighted by molar-refractivity contribution is 7.89. The molecule has 0 saturated carbocycles. The zero-order valence-corrected chi connectivity index (χ0v) is 12.3. The van der Waals surface area contributed by atoms with Gasteiger partial charge in [-0.2, -0.15) is 4.98 Å². The third-order valence-electron chi connectivity index (χ3n) is 2.89. The molecule has 0 aliphatic carbocycles. The van der Waals surface area contributed by atoms with E-state index in [9.17, 15) is 8.42 Å². The Labute approximate surface area is 118 Å². The highest BCUT2D eigenvalue weighted by atomic mass is 32.2. The van der Waals surface area contributed by atoms with Gasteiger partial charge >= 0.3 is 0 Å². The maximum atomic E-state index is 11.3. The minimum atomic E-state index is -3.18. The minimum Gasteiger partial charge on any atom is -0.339 e. The lowest BCUT2D eigenvalue weighted by Crippen LogP contribution is -2.27. The lowest BCUT2D eigenvalue weighted by molar-refractivity contribution is 0.379. The van der Waals surface area contributed by atoms with Crippen LogP contribution in [0, 0.1) is 6.92 Å². The van der Waals surface area contributed by atoms with Crippen LogP contribution in [0.4, 0.5) is 0 Å². The average molecular weight is 295 g/mol. The Balaban J connectivity index is 2.02. The molecule has 0 aliphatic heterocycles. The van der Waals surface area contributed by atoms with Crippen molar-refractivity contribution in [3.63, 3.8) is 0 Å². The van der Waals surface area contributed by atoms with Crippen molar-refractivity contribution in [3.05, 3.63) is 35.7 Å². The number of aromatic nitrogens is 2. The Morgan fingerprint density at radius 3 is 2.75 bits per heavy atom. The Morgan fingerprint density at radius 1 is 1.30 bits per heavy atom. The molecule has 0 radical (unpaired) electrons. The van der Waals surface area contributed by atoms with Gasteiger partial charge in [0.1, 0.15) is 0 Å². The molecular formula is C13H17N3O3S. The largest absolute Gasteiger partial charge is 0.339 e. The molecule has 1 heterocycles. The van der Waals surface area contributed by atoms with Gasteiger partial charge < -0.3 is 4.52 Å². The van der Waals surface area contributed by atoms with Gasteiger partial charge in [0.2, 0.25) is 21.7 Å². The van der Waals surface area contributed by atoms with E-state index in [-0.39, 0.29) is 12.3 Å². The van der Waals surface area contributed by atoms with Crippen LogP contribution >= 0.6 is 0 Å². The molecule has 0 aliphatic rings. The predicted molar refractivity (Wildman–Crippen MR) is 75.6 cm³/mol. The van der Waals surface area contributed by atoms with Crippen molar-refractivity contribution >= 4 is 10.0 Å². The molecule has 2 aromatic rings. The van der Waals surface area contributed by atoms with Crippen molar-refractivity contribution in [2.45, 2.75) is 20.3 Å². The van der Waals surface area contributed by atoms with E-state index >= 15 is 0 Å². The summed E-state index contributed by atoms with van der Waals surface area (Å²) in [6.07, 6.45) is 0.373. The van der Waals surface area contributed by atoms with Crippen molar-refractivity contribution in [2.75, 3.05) is 12.3 Å². The first-order chi connectivity index (χ1) is 9.52. The van der Waals surface area contributed by atoms with Gasteiger partial charge in [0.25, 0.3) is 0 Å². The second-order valence-corrected chi connectivity index (χ2v) is 6.47. The van der Waals surface area contributed by atoms with Crippen LogP contribution in [-0.4, -0.2) is 30.9 Å². The molecule has 0 atom stereocenters. The van der Waals surface area contributed by atoms with Crippen LogP contribution < -0.4 is 4.72 Å². The van der Waals surface area contributed by atoms with Gasteiger partial charge in [-0.25, -0.2) is 13.1 Å². The summed E-state index contributed by atoms with van der Waals surface area (Å²) >= 11 is 0. The van der Waals surface area contributed by atoms with Gasteiger partial charge in [0.05, 0.1) is 5.75 Å². The molecule has 0 bridgehead atoms. The Hall–Kier alpha value is -1.73. The molecular weight excluding hydrogens is 278 g/mol. The number of nitrogens with zero attached hydrogens (tertiary/aromatic N) is 2. The molecule has 0 saturated heterocycles. The monoisotopic (exact) mass is 295 g/mol. The number of hydrogen-bond acceptors (Lipinski definition) is 5. The summed E-state index contributed by atoms with van der Waals surface area (Å²) in [7, 11) is -3.18. The minimum absolute atomic E-state index is 0.0608. The zero-order valence-electron chi connectivity index (χ0n) is 11.5. The maximum absolute atomic E-state index is 11.3. The van der Waals surface area contributed by atoms with Crippen LogP contribution in [0.5, 0.6) is 0 Å². The molecule has 1 aromatic heterocycles. The predicted octanol–water partition coefficient (Wildman–Crippen LogP) is 1.53. The summed E-state index contributed by atoms with van der Waals surface area (Å²) in [4.78, 5) is 4.27. The topological polar surface area (TPSA) is 85.1 Å². The Bertz CT molecular complexity index is 680. The summed E-state index contributed by atoms with van der Waals surface area (Å²) in [5.74, 6) is 1.00. The molecule has 1 N–H and O–H groups in total. The first-order valence-electron chi connectivity index (χ1n) is 6.38. The highest BCUT2D eigenvalue weighted by Crippen LogP contribution is 2.19. The van der Waals surface area contributed by atoms with E-state index in [1.807, 2.05) is 31.2 Å². The van der Waals surface area contributed by atoms with E-state index in [0.29, 0.717) is 18.1 Å². The van der Waals surface area contributed by atoms with Crippen LogP contribution in [0.2, 0.25) is 0 Å². The first kappa shape index (κ1) is 14.7. The molecule has 1 aromatic carbocycles. The summed E-state index contributed by atoms with van der Waals surface area (Å²) in [5.41, 5.74) is 1.98. The van der Waals surface area contributed by atoms with Crippen LogP contribution in [0.15, 0.2) is 28.8 Å². The van der Waals surface area contributed by atoms with Crippen LogP contribution in [0.3, 0.4) is 0 Å². The smallest absolute Gasteiger partial charge is 0.228 e. The fourth-order valence-corrected chi connectivity index (χ4v) is 2.32. The third-order valence-corrected chi connectivity index (χ3v) is 4.30. The lowest BCUT2D eigenvalue weighted by Gasteiger charge is -2.01. The molecule has 0 spiro atoms. The molecule has 7 heteroatoms. The number of rotatable bonds is 6. The van der Waals surface area contributed by atoms with Crippen molar-refractivity contribution in [1.82, 2.24) is 14.9 Å². The van der Waals surface area contributed by atoms with Gasteiger partial charge in [0, 0.05) is 18.5 Å². The van der Waals surface area contributed by atoms with Crippen LogP contribution in [-0.2, 0) is 16.4 Å². The van der Waals surface area contributed by atoms with Gasteiger partial charge in [-0.3, -0.25) is 0 Å². The quantitative estimate of drug-likeness (QED) is 0.873. The summed E-state index contributed by atoms with van der Waals surface area (Å²) in [6, 6.07) is 7.75.